The van der Waals surface area contributed by atoms with Crippen molar-refractivity contribution < 1.29 is 14.6 Å². The number of hydrogen-bond acceptors (Lipinski definition) is 3. The van der Waals surface area contributed by atoms with Crippen LogP contribution in [-0.4, -0.2) is 41.8 Å². The van der Waals surface area contributed by atoms with Crippen LogP contribution in [0.1, 0.15) is 31.4 Å². The Balaban J connectivity index is 2.00. The van der Waals surface area contributed by atoms with E-state index in [1.54, 1.807) is 4.90 Å². The van der Waals surface area contributed by atoms with Gasteiger partial charge in [0.15, 0.2) is 0 Å². The van der Waals surface area contributed by atoms with Crippen molar-refractivity contribution in [3.05, 3.63) is 29.3 Å². The van der Waals surface area contributed by atoms with Crippen molar-refractivity contribution in [2.45, 2.75) is 39.9 Å². The Kier molecular flexibility index (Phi) is 5.80. The van der Waals surface area contributed by atoms with E-state index in [-0.39, 0.29) is 24.7 Å². The highest BCUT2D eigenvalue weighted by Crippen LogP contribution is 2.22. The molecule has 0 bridgehead atoms. The normalized spacial score (nSPS) is 18.0. The van der Waals surface area contributed by atoms with Crippen molar-refractivity contribution in [2.75, 3.05) is 25.0 Å². The molecule has 2 rings (SSSR count). The molecule has 1 fully saturated rings. The first-order valence-electron chi connectivity index (χ1n) is 7.88. The fourth-order valence-corrected chi connectivity index (χ4v) is 2.59. The molecular weight excluding hydrogens is 280 g/mol. The van der Waals surface area contributed by atoms with Crippen LogP contribution in [0.15, 0.2) is 18.2 Å². The van der Waals surface area contributed by atoms with Gasteiger partial charge in [0.2, 0.25) is 0 Å². The SMILES string of the molecule is Cc1c(COC(C)C)cccc1NC(=O)N1CCC(CO)C1. The minimum absolute atomic E-state index is 0.0963. The molecule has 1 aromatic rings. The molecule has 5 heteroatoms. The van der Waals surface area contributed by atoms with Crippen LogP contribution in [0.4, 0.5) is 10.5 Å². The topological polar surface area (TPSA) is 61.8 Å². The molecular formula is C17H26N2O3. The van der Waals surface area contributed by atoms with E-state index in [9.17, 15) is 4.79 Å². The molecule has 1 aliphatic heterocycles. The average molecular weight is 306 g/mol. The highest BCUT2D eigenvalue weighted by Gasteiger charge is 2.25. The molecule has 0 radical (unpaired) electrons. The van der Waals surface area contributed by atoms with Crippen molar-refractivity contribution >= 4 is 11.7 Å². The molecule has 2 amide bonds. The van der Waals surface area contributed by atoms with Gasteiger partial charge in [0, 0.05) is 31.3 Å². The number of aliphatic hydroxyl groups excluding tert-OH is 1. The van der Waals surface area contributed by atoms with Gasteiger partial charge in [-0.3, -0.25) is 0 Å². The number of aliphatic hydroxyl groups is 1. The van der Waals surface area contributed by atoms with Crippen LogP contribution < -0.4 is 5.32 Å². The zero-order valence-corrected chi connectivity index (χ0v) is 13.6. The first kappa shape index (κ1) is 16.8. The molecule has 2 N–H and O–H groups in total. The van der Waals surface area contributed by atoms with Gasteiger partial charge in [0.1, 0.15) is 0 Å². The van der Waals surface area contributed by atoms with E-state index in [2.05, 4.69) is 5.32 Å². The number of hydrogen-bond donors (Lipinski definition) is 2. The molecule has 1 unspecified atom stereocenters. The van der Waals surface area contributed by atoms with Crippen LogP contribution in [0, 0.1) is 12.8 Å². The first-order valence-corrected chi connectivity index (χ1v) is 7.88. The number of benzene rings is 1. The Bertz CT molecular complexity index is 517. The molecule has 22 heavy (non-hydrogen) atoms. The fraction of sp³-hybridized carbons (Fsp3) is 0.588. The largest absolute Gasteiger partial charge is 0.396 e. The average Bonchev–Trinajstić information content (AvgIpc) is 2.97. The Morgan fingerprint density at radius 3 is 2.91 bits per heavy atom. The van der Waals surface area contributed by atoms with Crippen molar-refractivity contribution in [1.82, 2.24) is 4.90 Å². The third kappa shape index (κ3) is 4.21. The lowest BCUT2D eigenvalue weighted by Crippen LogP contribution is -2.33. The smallest absolute Gasteiger partial charge is 0.321 e. The first-order chi connectivity index (χ1) is 10.5. The van der Waals surface area contributed by atoms with E-state index in [1.165, 1.54) is 0 Å². The number of nitrogens with one attached hydrogen (secondary N) is 1. The second-order valence-corrected chi connectivity index (χ2v) is 6.16. The molecule has 5 nitrogen and oxygen atoms in total. The number of rotatable bonds is 5. The maximum Gasteiger partial charge on any atom is 0.321 e. The molecule has 1 saturated heterocycles. The maximum atomic E-state index is 12.3. The quantitative estimate of drug-likeness (QED) is 0.879. The molecule has 0 aromatic heterocycles. The number of amides is 2. The van der Waals surface area contributed by atoms with E-state index >= 15 is 0 Å². The van der Waals surface area contributed by atoms with Gasteiger partial charge in [-0.2, -0.15) is 0 Å². The lowest BCUT2D eigenvalue weighted by Gasteiger charge is -2.19. The maximum absolute atomic E-state index is 12.3. The van der Waals surface area contributed by atoms with Crippen LogP contribution in [0.2, 0.25) is 0 Å². The third-order valence-corrected chi connectivity index (χ3v) is 4.09. The Labute approximate surface area is 132 Å². The monoisotopic (exact) mass is 306 g/mol. The van der Waals surface area contributed by atoms with E-state index in [0.29, 0.717) is 19.7 Å². The van der Waals surface area contributed by atoms with Crippen LogP contribution >= 0.6 is 0 Å². The Morgan fingerprint density at radius 1 is 1.50 bits per heavy atom. The Hall–Kier alpha value is -1.59. The van der Waals surface area contributed by atoms with E-state index in [0.717, 1.165) is 23.2 Å². The summed E-state index contributed by atoms with van der Waals surface area (Å²) in [5, 5.41) is 12.1. The van der Waals surface area contributed by atoms with Gasteiger partial charge in [-0.15, -0.1) is 0 Å². The van der Waals surface area contributed by atoms with Crippen LogP contribution in [-0.2, 0) is 11.3 Å². The van der Waals surface area contributed by atoms with Crippen molar-refractivity contribution in [2.24, 2.45) is 5.92 Å². The predicted octanol–water partition coefficient (Wildman–Crippen LogP) is 2.77. The molecule has 1 atom stereocenters. The van der Waals surface area contributed by atoms with Crippen molar-refractivity contribution in [3.8, 4) is 0 Å². The number of likely N-dealkylation sites (tertiary alicyclic amines) is 1. The number of anilines is 1. The Morgan fingerprint density at radius 2 is 2.27 bits per heavy atom. The van der Waals surface area contributed by atoms with E-state index < -0.39 is 0 Å². The summed E-state index contributed by atoms with van der Waals surface area (Å²) < 4.78 is 5.65. The zero-order chi connectivity index (χ0) is 16.1. The second-order valence-electron chi connectivity index (χ2n) is 6.16. The predicted molar refractivity (Wildman–Crippen MR) is 86.9 cm³/mol. The summed E-state index contributed by atoms with van der Waals surface area (Å²) in [6.07, 6.45) is 1.04. The minimum atomic E-state index is -0.0963. The summed E-state index contributed by atoms with van der Waals surface area (Å²) in [5.41, 5.74) is 2.94. The van der Waals surface area contributed by atoms with Crippen molar-refractivity contribution in [3.63, 3.8) is 0 Å². The molecule has 122 valence electrons. The van der Waals surface area contributed by atoms with Crippen molar-refractivity contribution in [1.29, 1.82) is 0 Å². The highest BCUT2D eigenvalue weighted by atomic mass is 16.5. The zero-order valence-electron chi connectivity index (χ0n) is 13.6. The fourth-order valence-electron chi connectivity index (χ4n) is 2.59. The summed E-state index contributed by atoms with van der Waals surface area (Å²) in [4.78, 5) is 14.1. The van der Waals surface area contributed by atoms with Gasteiger partial charge in [-0.25, -0.2) is 4.79 Å². The third-order valence-electron chi connectivity index (χ3n) is 4.09. The van der Waals surface area contributed by atoms with E-state index in [4.69, 9.17) is 9.84 Å². The van der Waals surface area contributed by atoms with Gasteiger partial charge in [-0.1, -0.05) is 12.1 Å². The molecule has 1 aliphatic rings. The summed E-state index contributed by atoms with van der Waals surface area (Å²) >= 11 is 0. The lowest BCUT2D eigenvalue weighted by atomic mass is 10.1. The lowest BCUT2D eigenvalue weighted by molar-refractivity contribution is 0.0654. The summed E-state index contributed by atoms with van der Waals surface area (Å²) in [7, 11) is 0. The number of carbonyl (C=O) groups excluding carboxylic acids is 1. The molecule has 0 saturated carbocycles. The summed E-state index contributed by atoms with van der Waals surface area (Å²) in [6, 6.07) is 5.76. The highest BCUT2D eigenvalue weighted by molar-refractivity contribution is 5.90. The van der Waals surface area contributed by atoms with Gasteiger partial charge in [-0.05, 0) is 44.4 Å². The summed E-state index contributed by atoms with van der Waals surface area (Å²) in [6.45, 7) is 8.02. The van der Waals surface area contributed by atoms with Gasteiger partial charge >= 0.3 is 6.03 Å². The van der Waals surface area contributed by atoms with E-state index in [1.807, 2.05) is 39.0 Å². The van der Waals surface area contributed by atoms with Crippen LogP contribution in [0.25, 0.3) is 0 Å². The van der Waals surface area contributed by atoms with Crippen LogP contribution in [0.3, 0.4) is 0 Å². The van der Waals surface area contributed by atoms with Gasteiger partial charge in [0.05, 0.1) is 12.7 Å². The van der Waals surface area contributed by atoms with Gasteiger partial charge in [0.25, 0.3) is 0 Å². The molecule has 1 aromatic carbocycles. The summed E-state index contributed by atoms with van der Waals surface area (Å²) in [5.74, 6) is 0.206. The molecule has 1 heterocycles. The van der Waals surface area contributed by atoms with Gasteiger partial charge < -0.3 is 20.1 Å². The van der Waals surface area contributed by atoms with Crippen LogP contribution in [0.5, 0.6) is 0 Å². The molecule has 0 aliphatic carbocycles. The molecule has 0 spiro atoms. The second kappa shape index (κ2) is 7.61. The minimum Gasteiger partial charge on any atom is -0.396 e. The standard InChI is InChI=1S/C17H26N2O3/c1-12(2)22-11-15-5-4-6-16(13(15)3)18-17(21)19-8-7-14(9-19)10-20/h4-6,12,14,20H,7-11H2,1-3H3,(H,18,21). The number of carbonyl (C=O) groups is 1. The number of urea groups is 1. The number of ether oxygens (including phenoxy) is 1. The number of nitrogens with zero attached hydrogens (tertiary/aromatic N) is 1.